The van der Waals surface area contributed by atoms with Crippen LogP contribution in [0.15, 0.2) is 0 Å². The van der Waals surface area contributed by atoms with Crippen LogP contribution < -0.4 is 10.6 Å². The predicted octanol–water partition coefficient (Wildman–Crippen LogP) is 1.64. The van der Waals surface area contributed by atoms with Crippen molar-refractivity contribution in [2.75, 3.05) is 0 Å². The molecule has 2 amide bonds. The van der Waals surface area contributed by atoms with E-state index in [1.165, 1.54) is 12.8 Å². The Kier molecular flexibility index (Phi) is 4.31. The minimum absolute atomic E-state index is 0.123. The van der Waals surface area contributed by atoms with E-state index in [-0.39, 0.29) is 12.1 Å². The number of carbonyl (C=O) groups excluding carboxylic acids is 1. The van der Waals surface area contributed by atoms with Gasteiger partial charge in [0.05, 0.1) is 6.04 Å². The van der Waals surface area contributed by atoms with E-state index in [1.807, 2.05) is 6.92 Å². The third-order valence-electron chi connectivity index (χ3n) is 2.61. The van der Waals surface area contributed by atoms with E-state index >= 15 is 0 Å². The van der Waals surface area contributed by atoms with E-state index in [9.17, 15) is 4.79 Å². The van der Waals surface area contributed by atoms with E-state index in [1.54, 1.807) is 0 Å². The molecule has 1 rings (SSSR count). The average Bonchev–Trinajstić information content (AvgIpc) is 2.66. The molecule has 0 heterocycles. The lowest BCUT2D eigenvalue weighted by Crippen LogP contribution is -2.44. The zero-order chi connectivity index (χ0) is 10.4. The van der Waals surface area contributed by atoms with Gasteiger partial charge in [0.1, 0.15) is 0 Å². The summed E-state index contributed by atoms with van der Waals surface area (Å²) in [5.41, 5.74) is 0. The summed E-state index contributed by atoms with van der Waals surface area (Å²) in [5, 5.41) is 5.69. The summed E-state index contributed by atoms with van der Waals surface area (Å²) in [6.07, 6.45) is 10.7. The molecule has 1 fully saturated rings. The number of hydrogen-bond acceptors (Lipinski definition) is 1. The lowest BCUT2D eigenvalue weighted by molar-refractivity contribution is 0.235. The van der Waals surface area contributed by atoms with Crippen LogP contribution in [0.3, 0.4) is 0 Å². The molecule has 1 atom stereocenters. The predicted molar refractivity (Wildman–Crippen MR) is 56.8 cm³/mol. The van der Waals surface area contributed by atoms with E-state index in [4.69, 9.17) is 6.42 Å². The molecule has 0 radical (unpaired) electrons. The molecule has 3 nitrogen and oxygen atoms in total. The fraction of sp³-hybridized carbons (Fsp3) is 0.727. The Balaban J connectivity index is 2.24. The highest BCUT2D eigenvalue weighted by Crippen LogP contribution is 2.17. The van der Waals surface area contributed by atoms with Crippen LogP contribution in [0.1, 0.15) is 39.0 Å². The molecule has 0 aromatic rings. The molecule has 1 saturated carbocycles. The summed E-state index contributed by atoms with van der Waals surface area (Å²) in [4.78, 5) is 11.4. The number of carbonyl (C=O) groups is 1. The highest BCUT2D eigenvalue weighted by molar-refractivity contribution is 5.75. The molecule has 1 aliphatic carbocycles. The fourth-order valence-corrected chi connectivity index (χ4v) is 1.72. The van der Waals surface area contributed by atoms with Crippen LogP contribution in [0.25, 0.3) is 0 Å². The van der Waals surface area contributed by atoms with Gasteiger partial charge in [-0.2, -0.15) is 0 Å². The molecule has 0 saturated heterocycles. The van der Waals surface area contributed by atoms with Gasteiger partial charge in [-0.1, -0.05) is 25.7 Å². The highest BCUT2D eigenvalue weighted by atomic mass is 16.2. The molecule has 2 N–H and O–H groups in total. The van der Waals surface area contributed by atoms with Gasteiger partial charge in [0.2, 0.25) is 0 Å². The van der Waals surface area contributed by atoms with Crippen molar-refractivity contribution in [3.8, 4) is 12.3 Å². The largest absolute Gasteiger partial charge is 0.335 e. The first kappa shape index (κ1) is 10.9. The van der Waals surface area contributed by atoms with Gasteiger partial charge in [-0.25, -0.2) is 4.79 Å². The standard InChI is InChI=1S/C11H18N2O/c1-3-9(4-2)12-11(14)13-10-7-5-6-8-10/h1,9-10H,4-8H2,2H3,(H2,12,13,14). The minimum Gasteiger partial charge on any atom is -0.335 e. The van der Waals surface area contributed by atoms with Crippen molar-refractivity contribution in [1.29, 1.82) is 0 Å². The average molecular weight is 194 g/mol. The Bertz CT molecular complexity index is 226. The van der Waals surface area contributed by atoms with Crippen LogP contribution in [-0.2, 0) is 0 Å². The second-order valence-corrected chi connectivity index (χ2v) is 3.73. The zero-order valence-corrected chi connectivity index (χ0v) is 8.68. The van der Waals surface area contributed by atoms with E-state index in [2.05, 4.69) is 16.6 Å². The lowest BCUT2D eigenvalue weighted by Gasteiger charge is -2.15. The van der Waals surface area contributed by atoms with Crippen LogP contribution in [0.5, 0.6) is 0 Å². The van der Waals surface area contributed by atoms with Crippen molar-refractivity contribution in [2.24, 2.45) is 0 Å². The Morgan fingerprint density at radius 3 is 2.71 bits per heavy atom. The van der Waals surface area contributed by atoms with Crippen molar-refractivity contribution in [3.05, 3.63) is 0 Å². The Morgan fingerprint density at radius 2 is 2.21 bits per heavy atom. The third-order valence-corrected chi connectivity index (χ3v) is 2.61. The Morgan fingerprint density at radius 1 is 1.57 bits per heavy atom. The van der Waals surface area contributed by atoms with E-state index < -0.39 is 0 Å². The van der Waals surface area contributed by atoms with Gasteiger partial charge in [-0.3, -0.25) is 0 Å². The van der Waals surface area contributed by atoms with Gasteiger partial charge in [0.25, 0.3) is 0 Å². The van der Waals surface area contributed by atoms with Gasteiger partial charge in [-0.15, -0.1) is 6.42 Å². The SMILES string of the molecule is C#CC(CC)NC(=O)NC1CCCC1. The summed E-state index contributed by atoms with van der Waals surface area (Å²) in [5.74, 6) is 2.54. The number of rotatable bonds is 3. The van der Waals surface area contributed by atoms with Crippen molar-refractivity contribution in [2.45, 2.75) is 51.1 Å². The highest BCUT2D eigenvalue weighted by Gasteiger charge is 2.17. The Hall–Kier alpha value is -1.17. The van der Waals surface area contributed by atoms with Gasteiger partial charge in [-0.05, 0) is 19.3 Å². The van der Waals surface area contributed by atoms with Crippen LogP contribution in [0, 0.1) is 12.3 Å². The number of nitrogens with one attached hydrogen (secondary N) is 2. The summed E-state index contributed by atoms with van der Waals surface area (Å²) < 4.78 is 0. The maximum Gasteiger partial charge on any atom is 0.315 e. The molecular weight excluding hydrogens is 176 g/mol. The maximum atomic E-state index is 11.4. The first-order valence-electron chi connectivity index (χ1n) is 5.29. The van der Waals surface area contributed by atoms with Crippen molar-refractivity contribution >= 4 is 6.03 Å². The second kappa shape index (κ2) is 5.54. The molecule has 0 aromatic heterocycles. The fourth-order valence-electron chi connectivity index (χ4n) is 1.72. The van der Waals surface area contributed by atoms with Gasteiger partial charge >= 0.3 is 6.03 Å². The monoisotopic (exact) mass is 194 g/mol. The van der Waals surface area contributed by atoms with Crippen molar-refractivity contribution < 1.29 is 4.79 Å². The quantitative estimate of drug-likeness (QED) is 0.659. The third kappa shape index (κ3) is 3.29. The smallest absolute Gasteiger partial charge is 0.315 e. The lowest BCUT2D eigenvalue weighted by atomic mass is 10.2. The number of amides is 2. The number of urea groups is 1. The first-order valence-corrected chi connectivity index (χ1v) is 5.29. The van der Waals surface area contributed by atoms with Crippen molar-refractivity contribution in [1.82, 2.24) is 10.6 Å². The molecule has 3 heteroatoms. The molecule has 1 aliphatic rings. The molecule has 0 bridgehead atoms. The summed E-state index contributed by atoms with van der Waals surface area (Å²) in [6.45, 7) is 1.96. The van der Waals surface area contributed by atoms with Gasteiger partial charge < -0.3 is 10.6 Å². The molecule has 1 unspecified atom stereocenters. The van der Waals surface area contributed by atoms with Crippen LogP contribution in [0.4, 0.5) is 4.79 Å². The zero-order valence-electron chi connectivity index (χ0n) is 8.68. The Labute approximate surface area is 85.6 Å². The van der Waals surface area contributed by atoms with Crippen molar-refractivity contribution in [3.63, 3.8) is 0 Å². The van der Waals surface area contributed by atoms with Gasteiger partial charge in [0.15, 0.2) is 0 Å². The molecule has 0 aliphatic heterocycles. The minimum atomic E-state index is -0.142. The molecule has 0 spiro atoms. The normalized spacial score (nSPS) is 18.6. The van der Waals surface area contributed by atoms with Crippen LogP contribution >= 0.6 is 0 Å². The summed E-state index contributed by atoms with van der Waals surface area (Å²) >= 11 is 0. The number of hydrogen-bond donors (Lipinski definition) is 2. The summed E-state index contributed by atoms with van der Waals surface area (Å²) in [7, 11) is 0. The van der Waals surface area contributed by atoms with Gasteiger partial charge in [0, 0.05) is 6.04 Å². The summed E-state index contributed by atoms with van der Waals surface area (Å²) in [6, 6.07) is 0.0865. The first-order chi connectivity index (χ1) is 6.76. The maximum absolute atomic E-state index is 11.4. The van der Waals surface area contributed by atoms with E-state index in [0.29, 0.717) is 6.04 Å². The van der Waals surface area contributed by atoms with E-state index in [0.717, 1.165) is 19.3 Å². The number of terminal acetylenes is 1. The molecular formula is C11H18N2O. The van der Waals surface area contributed by atoms with Crippen LogP contribution in [-0.4, -0.2) is 18.1 Å². The second-order valence-electron chi connectivity index (χ2n) is 3.73. The topological polar surface area (TPSA) is 41.1 Å². The van der Waals surface area contributed by atoms with Crippen LogP contribution in [0.2, 0.25) is 0 Å². The molecule has 14 heavy (non-hydrogen) atoms. The molecule has 78 valence electrons. The molecule has 0 aromatic carbocycles.